The first-order valence-corrected chi connectivity index (χ1v) is 5.59. The highest BCUT2D eigenvalue weighted by Crippen LogP contribution is 2.25. The Bertz CT molecular complexity index is 304. The van der Waals surface area contributed by atoms with Crippen molar-refractivity contribution in [3.05, 3.63) is 0 Å². The molecule has 100 valence electrons. The summed E-state index contributed by atoms with van der Waals surface area (Å²) in [6.45, 7) is 10.2. The van der Waals surface area contributed by atoms with Crippen LogP contribution in [0.25, 0.3) is 0 Å². The molecule has 17 heavy (non-hydrogen) atoms. The lowest BCUT2D eigenvalue weighted by Crippen LogP contribution is -2.49. The van der Waals surface area contributed by atoms with E-state index in [9.17, 15) is 9.59 Å². The average molecular weight is 245 g/mol. The summed E-state index contributed by atoms with van der Waals surface area (Å²) in [6.07, 6.45) is -0.515. The summed E-state index contributed by atoms with van der Waals surface area (Å²) < 4.78 is 5.19. The minimum atomic E-state index is -1.02. The predicted octanol–water partition coefficient (Wildman–Crippen LogP) is 2.35. The van der Waals surface area contributed by atoms with Crippen LogP contribution in [-0.4, -0.2) is 40.8 Å². The molecule has 0 rings (SSSR count). The minimum Gasteiger partial charge on any atom is -0.481 e. The van der Waals surface area contributed by atoms with Crippen LogP contribution in [0.2, 0.25) is 0 Å². The summed E-state index contributed by atoms with van der Waals surface area (Å²) in [4.78, 5) is 24.2. The SMILES string of the molecule is CC(N(C)C(=O)OC(C)(C)C)C(C)(C)C(=O)O. The molecule has 0 saturated carbocycles. The van der Waals surface area contributed by atoms with Crippen molar-refractivity contribution in [2.75, 3.05) is 7.05 Å². The van der Waals surface area contributed by atoms with E-state index >= 15 is 0 Å². The first kappa shape index (κ1) is 15.7. The van der Waals surface area contributed by atoms with Crippen molar-refractivity contribution in [2.24, 2.45) is 5.41 Å². The van der Waals surface area contributed by atoms with Crippen LogP contribution < -0.4 is 0 Å². The average Bonchev–Trinajstić information content (AvgIpc) is 2.12. The third kappa shape index (κ3) is 4.24. The number of amides is 1. The van der Waals surface area contributed by atoms with Gasteiger partial charge in [0, 0.05) is 13.1 Å². The monoisotopic (exact) mass is 245 g/mol. The van der Waals surface area contributed by atoms with Crippen molar-refractivity contribution in [3.8, 4) is 0 Å². The van der Waals surface area contributed by atoms with Gasteiger partial charge in [-0.3, -0.25) is 4.79 Å². The van der Waals surface area contributed by atoms with Crippen LogP contribution >= 0.6 is 0 Å². The van der Waals surface area contributed by atoms with Gasteiger partial charge >= 0.3 is 12.1 Å². The zero-order valence-electron chi connectivity index (χ0n) is 11.7. The Hall–Kier alpha value is -1.26. The Labute approximate surface area is 103 Å². The molecular formula is C12H23NO4. The van der Waals surface area contributed by atoms with Gasteiger partial charge in [-0.05, 0) is 41.5 Å². The van der Waals surface area contributed by atoms with Gasteiger partial charge in [0.05, 0.1) is 5.41 Å². The fourth-order valence-electron chi connectivity index (χ4n) is 1.15. The van der Waals surface area contributed by atoms with E-state index in [4.69, 9.17) is 9.84 Å². The Balaban J connectivity index is 4.77. The van der Waals surface area contributed by atoms with Gasteiger partial charge in [-0.1, -0.05) is 0 Å². The molecule has 0 aliphatic rings. The zero-order chi connectivity index (χ0) is 14.0. The van der Waals surface area contributed by atoms with Crippen LogP contribution in [0.4, 0.5) is 4.79 Å². The van der Waals surface area contributed by atoms with Gasteiger partial charge in [0.15, 0.2) is 0 Å². The Kier molecular flexibility index (Phi) is 4.57. The molecule has 1 unspecified atom stereocenters. The molecule has 1 N–H and O–H groups in total. The molecule has 0 aromatic rings. The van der Waals surface area contributed by atoms with Crippen molar-refractivity contribution in [1.29, 1.82) is 0 Å². The number of hydrogen-bond donors (Lipinski definition) is 1. The van der Waals surface area contributed by atoms with Gasteiger partial charge in [-0.25, -0.2) is 4.79 Å². The second-order valence-electron chi connectivity index (χ2n) is 5.79. The molecule has 0 radical (unpaired) electrons. The van der Waals surface area contributed by atoms with E-state index in [-0.39, 0.29) is 0 Å². The van der Waals surface area contributed by atoms with Crippen LogP contribution in [0.1, 0.15) is 41.5 Å². The maximum Gasteiger partial charge on any atom is 0.410 e. The van der Waals surface area contributed by atoms with Crippen LogP contribution in [0.5, 0.6) is 0 Å². The molecule has 0 heterocycles. The Morgan fingerprint density at radius 3 is 1.88 bits per heavy atom. The number of carboxylic acid groups (broad SMARTS) is 1. The first-order valence-electron chi connectivity index (χ1n) is 5.59. The van der Waals surface area contributed by atoms with E-state index in [2.05, 4.69) is 0 Å². The molecule has 1 atom stereocenters. The normalized spacial score (nSPS) is 14.1. The van der Waals surface area contributed by atoms with Crippen molar-refractivity contribution in [2.45, 2.75) is 53.2 Å². The van der Waals surface area contributed by atoms with Gasteiger partial charge in [0.2, 0.25) is 0 Å². The molecule has 0 aliphatic heterocycles. The van der Waals surface area contributed by atoms with Gasteiger partial charge in [-0.2, -0.15) is 0 Å². The van der Waals surface area contributed by atoms with Gasteiger partial charge in [0.1, 0.15) is 5.60 Å². The van der Waals surface area contributed by atoms with E-state index < -0.39 is 29.1 Å². The Morgan fingerprint density at radius 1 is 1.18 bits per heavy atom. The summed E-state index contributed by atoms with van der Waals surface area (Å²) in [5, 5.41) is 9.10. The molecule has 0 bridgehead atoms. The van der Waals surface area contributed by atoms with Crippen molar-refractivity contribution in [1.82, 2.24) is 4.90 Å². The topological polar surface area (TPSA) is 66.8 Å². The van der Waals surface area contributed by atoms with Crippen molar-refractivity contribution < 1.29 is 19.4 Å². The van der Waals surface area contributed by atoms with Gasteiger partial charge in [0.25, 0.3) is 0 Å². The van der Waals surface area contributed by atoms with E-state index in [1.807, 2.05) is 0 Å². The van der Waals surface area contributed by atoms with E-state index in [1.165, 1.54) is 4.90 Å². The third-order valence-corrected chi connectivity index (χ3v) is 2.86. The quantitative estimate of drug-likeness (QED) is 0.828. The molecule has 0 fully saturated rings. The van der Waals surface area contributed by atoms with Crippen molar-refractivity contribution >= 4 is 12.1 Å². The highest BCUT2D eigenvalue weighted by molar-refractivity contribution is 5.76. The molecule has 5 heteroatoms. The number of rotatable bonds is 3. The molecule has 0 spiro atoms. The van der Waals surface area contributed by atoms with E-state index in [1.54, 1.807) is 48.6 Å². The summed E-state index contributed by atoms with van der Waals surface area (Å²) in [5.74, 6) is -0.944. The first-order chi connectivity index (χ1) is 7.39. The lowest BCUT2D eigenvalue weighted by Gasteiger charge is -2.35. The third-order valence-electron chi connectivity index (χ3n) is 2.86. The molecule has 0 saturated heterocycles. The second-order valence-corrected chi connectivity index (χ2v) is 5.79. The number of nitrogens with zero attached hydrogens (tertiary/aromatic N) is 1. The van der Waals surface area contributed by atoms with E-state index in [0.717, 1.165) is 0 Å². The highest BCUT2D eigenvalue weighted by Gasteiger charge is 2.39. The minimum absolute atomic E-state index is 0.463. The number of carbonyl (C=O) groups excluding carboxylic acids is 1. The van der Waals surface area contributed by atoms with Crippen LogP contribution in [0.15, 0.2) is 0 Å². The fraction of sp³-hybridized carbons (Fsp3) is 0.833. The van der Waals surface area contributed by atoms with Crippen LogP contribution in [0.3, 0.4) is 0 Å². The lowest BCUT2D eigenvalue weighted by atomic mass is 9.85. The summed E-state index contributed by atoms with van der Waals surface area (Å²) >= 11 is 0. The van der Waals surface area contributed by atoms with Gasteiger partial charge < -0.3 is 14.7 Å². The maximum atomic E-state index is 11.8. The van der Waals surface area contributed by atoms with Crippen molar-refractivity contribution in [3.63, 3.8) is 0 Å². The number of aliphatic carboxylic acids is 1. The molecular weight excluding hydrogens is 222 g/mol. The largest absolute Gasteiger partial charge is 0.481 e. The van der Waals surface area contributed by atoms with Crippen LogP contribution in [-0.2, 0) is 9.53 Å². The molecule has 0 aromatic carbocycles. The number of carbonyl (C=O) groups is 2. The molecule has 5 nitrogen and oxygen atoms in total. The molecule has 0 aromatic heterocycles. The lowest BCUT2D eigenvalue weighted by molar-refractivity contribution is -0.150. The predicted molar refractivity (Wildman–Crippen MR) is 64.9 cm³/mol. The smallest absolute Gasteiger partial charge is 0.410 e. The van der Waals surface area contributed by atoms with Crippen LogP contribution in [0, 0.1) is 5.41 Å². The number of ether oxygens (including phenoxy) is 1. The number of hydrogen-bond acceptors (Lipinski definition) is 3. The summed E-state index contributed by atoms with van der Waals surface area (Å²) in [7, 11) is 1.55. The maximum absolute atomic E-state index is 11.8. The standard InChI is InChI=1S/C12H23NO4/c1-8(12(5,6)9(14)15)13(7)10(16)17-11(2,3)4/h8H,1-7H3,(H,14,15). The van der Waals surface area contributed by atoms with E-state index in [0.29, 0.717) is 0 Å². The highest BCUT2D eigenvalue weighted by atomic mass is 16.6. The molecule has 1 amide bonds. The fourth-order valence-corrected chi connectivity index (χ4v) is 1.15. The second kappa shape index (κ2) is 4.94. The number of carboxylic acids is 1. The summed E-state index contributed by atoms with van der Waals surface area (Å²) in [6, 6.07) is -0.463. The molecule has 0 aliphatic carbocycles. The summed E-state index contributed by atoms with van der Waals surface area (Å²) in [5.41, 5.74) is -1.61. The Morgan fingerprint density at radius 2 is 1.59 bits per heavy atom. The van der Waals surface area contributed by atoms with Gasteiger partial charge in [-0.15, -0.1) is 0 Å². The zero-order valence-corrected chi connectivity index (χ0v) is 11.7.